The molecule has 0 aliphatic heterocycles. The van der Waals surface area contributed by atoms with Crippen LogP contribution in [0.5, 0.6) is 0 Å². The summed E-state index contributed by atoms with van der Waals surface area (Å²) in [6, 6.07) is 15.7. The van der Waals surface area contributed by atoms with E-state index in [1.54, 1.807) is 12.1 Å². The highest BCUT2D eigenvalue weighted by molar-refractivity contribution is 9.10. The number of hydrogen-bond donors (Lipinski definition) is 1. The van der Waals surface area contributed by atoms with Gasteiger partial charge in [-0.25, -0.2) is 4.79 Å². The van der Waals surface area contributed by atoms with Crippen LogP contribution in [0.3, 0.4) is 0 Å². The van der Waals surface area contributed by atoms with E-state index >= 15 is 0 Å². The maximum atomic E-state index is 11.1. The van der Waals surface area contributed by atoms with Crippen molar-refractivity contribution in [1.29, 1.82) is 0 Å². The van der Waals surface area contributed by atoms with Gasteiger partial charge in [0.15, 0.2) is 0 Å². The van der Waals surface area contributed by atoms with Crippen molar-refractivity contribution in [3.8, 4) is 0 Å². The lowest BCUT2D eigenvalue weighted by Gasteiger charge is -2.21. The van der Waals surface area contributed by atoms with Crippen LogP contribution < -0.4 is 0 Å². The molecule has 0 radical (unpaired) electrons. The Morgan fingerprint density at radius 1 is 1.12 bits per heavy atom. The molecule has 0 fully saturated rings. The summed E-state index contributed by atoms with van der Waals surface area (Å²) in [6.07, 6.45) is 4.81. The Kier molecular flexibility index (Phi) is 8.04. The zero-order chi connectivity index (χ0) is 18.2. The highest BCUT2D eigenvalue weighted by atomic mass is 79.9. The Bertz CT molecular complexity index is 667. The molecule has 2 atom stereocenters. The van der Waals surface area contributed by atoms with Crippen molar-refractivity contribution in [2.24, 2.45) is 5.92 Å². The molecule has 2 aromatic carbocycles. The molecule has 0 spiro atoms. The average Bonchev–Trinajstić information content (AvgIpc) is 2.61. The summed E-state index contributed by atoms with van der Waals surface area (Å²) < 4.78 is 1.08. The number of unbranched alkanes of at least 4 members (excludes halogenated alkanes) is 1. The summed E-state index contributed by atoms with van der Waals surface area (Å²) in [5.74, 6) is -0.230. The molecule has 0 aliphatic rings. The van der Waals surface area contributed by atoms with E-state index in [1.165, 1.54) is 29.7 Å². The summed E-state index contributed by atoms with van der Waals surface area (Å²) in [4.78, 5) is 12.3. The first-order chi connectivity index (χ1) is 12.0. The molecular formula is C21H25BrO2S. The number of thioether (sulfide) groups is 1. The molecule has 0 aromatic heterocycles. The molecule has 134 valence electrons. The maximum absolute atomic E-state index is 11.1. The predicted molar refractivity (Wildman–Crippen MR) is 109 cm³/mol. The van der Waals surface area contributed by atoms with Gasteiger partial charge in [0.25, 0.3) is 0 Å². The first-order valence-electron chi connectivity index (χ1n) is 8.75. The largest absolute Gasteiger partial charge is 0.478 e. The van der Waals surface area contributed by atoms with Gasteiger partial charge >= 0.3 is 5.97 Å². The van der Waals surface area contributed by atoms with Crippen molar-refractivity contribution in [2.75, 3.05) is 0 Å². The zero-order valence-electron chi connectivity index (χ0n) is 14.7. The van der Waals surface area contributed by atoms with Gasteiger partial charge in [-0.2, -0.15) is 0 Å². The number of halogens is 1. The zero-order valence-corrected chi connectivity index (χ0v) is 17.1. The van der Waals surface area contributed by atoms with Gasteiger partial charge in [0, 0.05) is 14.6 Å². The van der Waals surface area contributed by atoms with Gasteiger partial charge in [-0.15, -0.1) is 11.8 Å². The Morgan fingerprint density at radius 3 is 2.32 bits per heavy atom. The number of aromatic carboxylic acids is 1. The molecule has 1 N–H and O–H groups in total. The molecule has 25 heavy (non-hydrogen) atoms. The van der Waals surface area contributed by atoms with Crippen LogP contribution in [0.4, 0.5) is 0 Å². The van der Waals surface area contributed by atoms with Gasteiger partial charge in [-0.3, -0.25) is 0 Å². The summed E-state index contributed by atoms with van der Waals surface area (Å²) in [5, 5.41) is 9.44. The highest BCUT2D eigenvalue weighted by Crippen LogP contribution is 2.41. The van der Waals surface area contributed by atoms with E-state index in [0.29, 0.717) is 16.7 Å². The molecule has 2 nitrogen and oxygen atoms in total. The monoisotopic (exact) mass is 420 g/mol. The Morgan fingerprint density at radius 2 is 1.76 bits per heavy atom. The Hall–Kier alpha value is -1.26. The minimum atomic E-state index is -0.875. The van der Waals surface area contributed by atoms with E-state index in [4.69, 9.17) is 5.11 Å². The minimum Gasteiger partial charge on any atom is -0.478 e. The van der Waals surface area contributed by atoms with Gasteiger partial charge in [-0.1, -0.05) is 61.2 Å². The lowest BCUT2D eigenvalue weighted by Crippen LogP contribution is -2.04. The van der Waals surface area contributed by atoms with Gasteiger partial charge < -0.3 is 5.11 Å². The number of benzene rings is 2. The Balaban J connectivity index is 2.17. The number of rotatable bonds is 9. The molecule has 0 saturated carbocycles. The van der Waals surface area contributed by atoms with E-state index < -0.39 is 5.97 Å². The third kappa shape index (κ3) is 6.52. The van der Waals surface area contributed by atoms with Gasteiger partial charge in [0.1, 0.15) is 0 Å². The molecule has 0 heterocycles. The fraction of sp³-hybridized carbons (Fsp3) is 0.381. The first-order valence-corrected chi connectivity index (χ1v) is 10.4. The molecule has 2 unspecified atom stereocenters. The number of carbonyl (C=O) groups is 1. The summed E-state index contributed by atoms with van der Waals surface area (Å²) in [6.45, 7) is 4.54. The number of carboxylic acid groups (broad SMARTS) is 1. The van der Waals surface area contributed by atoms with Crippen molar-refractivity contribution < 1.29 is 9.90 Å². The van der Waals surface area contributed by atoms with E-state index in [9.17, 15) is 4.79 Å². The van der Waals surface area contributed by atoms with E-state index in [2.05, 4.69) is 54.0 Å². The van der Waals surface area contributed by atoms with E-state index in [-0.39, 0.29) is 0 Å². The van der Waals surface area contributed by atoms with Crippen molar-refractivity contribution in [3.05, 3.63) is 64.1 Å². The quantitative estimate of drug-likeness (QED) is 0.435. The van der Waals surface area contributed by atoms with Gasteiger partial charge in [0.2, 0.25) is 0 Å². The second kappa shape index (κ2) is 10.0. The predicted octanol–water partition coefficient (Wildman–Crippen LogP) is 7.20. The molecule has 2 aromatic rings. The van der Waals surface area contributed by atoms with Crippen LogP contribution >= 0.6 is 27.7 Å². The summed E-state index contributed by atoms with van der Waals surface area (Å²) in [5.41, 5.74) is 1.54. The fourth-order valence-electron chi connectivity index (χ4n) is 2.81. The molecule has 0 amide bonds. The third-order valence-corrected chi connectivity index (χ3v) is 6.11. The second-order valence-corrected chi connectivity index (χ2v) is 8.66. The summed E-state index contributed by atoms with van der Waals surface area (Å²) >= 11 is 5.34. The SMILES string of the molecule is CCCCC(C)CC(Sc1ccc(Br)cc1)c1ccc(C(=O)O)cc1. The van der Waals surface area contributed by atoms with Crippen molar-refractivity contribution in [2.45, 2.75) is 49.7 Å². The number of hydrogen-bond acceptors (Lipinski definition) is 2. The normalized spacial score (nSPS) is 13.4. The van der Waals surface area contributed by atoms with Crippen molar-refractivity contribution in [3.63, 3.8) is 0 Å². The van der Waals surface area contributed by atoms with Crippen molar-refractivity contribution >= 4 is 33.7 Å². The lowest BCUT2D eigenvalue weighted by molar-refractivity contribution is 0.0697. The van der Waals surface area contributed by atoms with Crippen LogP contribution in [0.25, 0.3) is 0 Å². The van der Waals surface area contributed by atoms with Crippen LogP contribution in [0.15, 0.2) is 57.9 Å². The maximum Gasteiger partial charge on any atom is 0.335 e. The lowest BCUT2D eigenvalue weighted by atomic mass is 9.95. The van der Waals surface area contributed by atoms with Crippen LogP contribution in [-0.4, -0.2) is 11.1 Å². The van der Waals surface area contributed by atoms with Gasteiger partial charge in [0.05, 0.1) is 5.56 Å². The topological polar surface area (TPSA) is 37.3 Å². The van der Waals surface area contributed by atoms with Crippen LogP contribution in [0.1, 0.15) is 60.7 Å². The average molecular weight is 421 g/mol. The molecule has 2 rings (SSSR count). The molecule has 0 bridgehead atoms. The number of carboxylic acids is 1. The molecule has 4 heteroatoms. The highest BCUT2D eigenvalue weighted by Gasteiger charge is 2.17. The van der Waals surface area contributed by atoms with Crippen molar-refractivity contribution in [1.82, 2.24) is 0 Å². The Labute approximate surface area is 163 Å². The van der Waals surface area contributed by atoms with Crippen LogP contribution in [0.2, 0.25) is 0 Å². The van der Waals surface area contributed by atoms with Crippen LogP contribution in [0, 0.1) is 5.92 Å². The first kappa shape index (κ1) is 20.1. The smallest absolute Gasteiger partial charge is 0.335 e. The van der Waals surface area contributed by atoms with E-state index in [0.717, 1.165) is 10.9 Å². The fourth-order valence-corrected chi connectivity index (χ4v) is 4.41. The van der Waals surface area contributed by atoms with Crippen LogP contribution in [-0.2, 0) is 0 Å². The standard InChI is InChI=1S/C21H25BrO2S/c1-3-4-5-15(2)14-20(25-19-12-10-18(22)11-13-19)16-6-8-17(9-7-16)21(23)24/h6-13,15,20H,3-5,14H2,1-2H3,(H,23,24). The molecular weight excluding hydrogens is 396 g/mol. The minimum absolute atomic E-state index is 0.330. The molecule has 0 saturated heterocycles. The van der Waals surface area contributed by atoms with Gasteiger partial charge in [-0.05, 0) is 54.3 Å². The molecule has 0 aliphatic carbocycles. The third-order valence-electron chi connectivity index (χ3n) is 4.29. The second-order valence-electron chi connectivity index (χ2n) is 6.47. The summed E-state index contributed by atoms with van der Waals surface area (Å²) in [7, 11) is 0. The van der Waals surface area contributed by atoms with E-state index in [1.807, 2.05) is 23.9 Å².